The molecule has 9 heteroatoms. The number of hydrogen-bond donors (Lipinski definition) is 1. The van der Waals surface area contributed by atoms with Crippen LogP contribution < -0.4 is 9.62 Å². The van der Waals surface area contributed by atoms with Crippen molar-refractivity contribution in [2.75, 3.05) is 17.1 Å². The minimum Gasteiger partial charge on any atom is -0.352 e. The van der Waals surface area contributed by atoms with E-state index in [1.807, 2.05) is 88.4 Å². The van der Waals surface area contributed by atoms with Gasteiger partial charge < -0.3 is 10.2 Å². The van der Waals surface area contributed by atoms with Crippen LogP contribution in [0.3, 0.4) is 0 Å². The first-order valence-electron chi connectivity index (χ1n) is 13.8. The molecule has 3 aromatic carbocycles. The van der Waals surface area contributed by atoms with Gasteiger partial charge in [-0.25, -0.2) is 8.42 Å². The number of amides is 2. The van der Waals surface area contributed by atoms with Crippen LogP contribution >= 0.6 is 11.6 Å². The second-order valence-electron chi connectivity index (χ2n) is 10.7. The monoisotopic (exact) mass is 597 g/mol. The summed E-state index contributed by atoms with van der Waals surface area (Å²) in [7, 11) is -3.58. The molecular weight excluding hydrogens is 558 g/mol. The van der Waals surface area contributed by atoms with E-state index in [1.54, 1.807) is 17.0 Å². The minimum absolute atomic E-state index is 0.0741. The average molecular weight is 598 g/mol. The van der Waals surface area contributed by atoms with E-state index in [0.29, 0.717) is 23.6 Å². The van der Waals surface area contributed by atoms with Crippen LogP contribution in [-0.4, -0.2) is 50.0 Å². The Kier molecular flexibility index (Phi) is 11.4. The summed E-state index contributed by atoms with van der Waals surface area (Å²) in [4.78, 5) is 29.0. The number of rotatable bonds is 13. The lowest BCUT2D eigenvalue weighted by atomic mass is 10.0. The van der Waals surface area contributed by atoms with Gasteiger partial charge in [-0.15, -0.1) is 0 Å². The predicted octanol–water partition coefficient (Wildman–Crippen LogP) is 5.67. The van der Waals surface area contributed by atoms with Gasteiger partial charge in [-0.2, -0.15) is 0 Å². The summed E-state index contributed by atoms with van der Waals surface area (Å²) >= 11 is 6.10. The van der Waals surface area contributed by atoms with Crippen molar-refractivity contribution in [1.82, 2.24) is 10.2 Å². The molecule has 2 amide bonds. The normalized spacial score (nSPS) is 12.2. The van der Waals surface area contributed by atoms with Gasteiger partial charge in [0.15, 0.2) is 0 Å². The third kappa shape index (κ3) is 9.61. The molecule has 0 radical (unpaired) electrons. The molecule has 0 saturated heterocycles. The van der Waals surface area contributed by atoms with Crippen LogP contribution in [0.4, 0.5) is 5.69 Å². The van der Waals surface area contributed by atoms with Gasteiger partial charge >= 0.3 is 0 Å². The molecule has 3 rings (SSSR count). The Balaban J connectivity index is 1.89. The molecule has 3 aromatic rings. The Hall–Kier alpha value is -3.36. The van der Waals surface area contributed by atoms with Crippen molar-refractivity contribution in [2.24, 2.45) is 0 Å². The van der Waals surface area contributed by atoms with Crippen LogP contribution in [-0.2, 0) is 32.6 Å². The lowest BCUT2D eigenvalue weighted by Gasteiger charge is -2.32. The number of aryl methyl sites for hydroxylation is 2. The second-order valence-corrected chi connectivity index (χ2v) is 13.1. The smallest absolute Gasteiger partial charge is 0.243 e. The Bertz CT molecular complexity index is 1430. The number of hydrogen-bond acceptors (Lipinski definition) is 4. The maximum atomic E-state index is 13.9. The number of halogens is 1. The van der Waals surface area contributed by atoms with Gasteiger partial charge in [0.25, 0.3) is 0 Å². The van der Waals surface area contributed by atoms with E-state index >= 15 is 0 Å². The van der Waals surface area contributed by atoms with Crippen molar-refractivity contribution in [3.05, 3.63) is 100 Å². The molecule has 0 aliphatic heterocycles. The van der Waals surface area contributed by atoms with Crippen LogP contribution in [0.5, 0.6) is 0 Å². The highest BCUT2D eigenvalue weighted by Gasteiger charge is 2.31. The SMILES string of the molecule is Cc1ccc(C)c(N(CCCC(=O)N(Cc2ccc(Cl)cc2)[C@@H](Cc2ccccc2)C(=O)NC(C)C)S(C)(=O)=O)c1. The number of nitrogens with one attached hydrogen (secondary N) is 1. The zero-order valence-corrected chi connectivity index (χ0v) is 26.0. The van der Waals surface area contributed by atoms with Gasteiger partial charge in [-0.1, -0.05) is 66.2 Å². The molecule has 1 N–H and O–H groups in total. The van der Waals surface area contributed by atoms with E-state index in [1.165, 1.54) is 10.6 Å². The summed E-state index contributed by atoms with van der Waals surface area (Å²) in [5, 5.41) is 3.56. The average Bonchev–Trinajstić information content (AvgIpc) is 2.90. The molecular formula is C32H40ClN3O4S. The molecule has 41 heavy (non-hydrogen) atoms. The second kappa shape index (κ2) is 14.5. The lowest BCUT2D eigenvalue weighted by molar-refractivity contribution is -0.141. The zero-order valence-electron chi connectivity index (χ0n) is 24.4. The highest BCUT2D eigenvalue weighted by atomic mass is 35.5. The summed E-state index contributed by atoms with van der Waals surface area (Å²) in [6.45, 7) is 7.91. The third-order valence-electron chi connectivity index (χ3n) is 6.75. The number of nitrogens with zero attached hydrogens (tertiary/aromatic N) is 2. The Labute approximate surface area is 249 Å². The highest BCUT2D eigenvalue weighted by Crippen LogP contribution is 2.25. The van der Waals surface area contributed by atoms with Crippen molar-refractivity contribution < 1.29 is 18.0 Å². The summed E-state index contributed by atoms with van der Waals surface area (Å²) < 4.78 is 26.8. The van der Waals surface area contributed by atoms with E-state index in [2.05, 4.69) is 5.32 Å². The van der Waals surface area contributed by atoms with Crippen LogP contribution in [0.15, 0.2) is 72.8 Å². The molecule has 0 spiro atoms. The molecule has 0 aliphatic carbocycles. The van der Waals surface area contributed by atoms with Gasteiger partial charge in [-0.05, 0) is 74.6 Å². The molecule has 0 heterocycles. The maximum absolute atomic E-state index is 13.9. The van der Waals surface area contributed by atoms with Crippen molar-refractivity contribution in [3.63, 3.8) is 0 Å². The lowest BCUT2D eigenvalue weighted by Crippen LogP contribution is -2.51. The standard InChI is InChI=1S/C32H40ClN3O4S/c1-23(2)34-32(38)30(21-26-10-7-6-8-11-26)35(22-27-15-17-28(33)18-16-27)31(37)12-9-19-36(41(5,39)40)29-20-24(3)13-14-25(29)4/h6-8,10-11,13-18,20,23,30H,9,12,19,21-22H2,1-5H3,(H,34,38)/t30-/m0/s1. The van der Waals surface area contributed by atoms with Crippen LogP contribution in [0.25, 0.3) is 0 Å². The number of anilines is 1. The number of sulfonamides is 1. The molecule has 220 valence electrons. The molecule has 0 fully saturated rings. The van der Waals surface area contributed by atoms with Crippen molar-refractivity contribution in [2.45, 2.75) is 65.6 Å². The maximum Gasteiger partial charge on any atom is 0.243 e. The van der Waals surface area contributed by atoms with Gasteiger partial charge in [0.2, 0.25) is 21.8 Å². The number of carbonyl (C=O) groups is 2. The van der Waals surface area contributed by atoms with Crippen molar-refractivity contribution in [3.8, 4) is 0 Å². The topological polar surface area (TPSA) is 86.8 Å². The molecule has 0 unspecified atom stereocenters. The molecule has 0 bridgehead atoms. The van der Waals surface area contributed by atoms with Gasteiger partial charge in [0.05, 0.1) is 11.9 Å². The van der Waals surface area contributed by atoms with Crippen molar-refractivity contribution in [1.29, 1.82) is 0 Å². The number of carbonyl (C=O) groups excluding carboxylic acids is 2. The summed E-state index contributed by atoms with van der Waals surface area (Å²) in [6.07, 6.45) is 1.89. The van der Waals surface area contributed by atoms with E-state index in [0.717, 1.165) is 22.3 Å². The van der Waals surface area contributed by atoms with Gasteiger partial charge in [0.1, 0.15) is 6.04 Å². The van der Waals surface area contributed by atoms with Crippen LogP contribution in [0, 0.1) is 13.8 Å². The fourth-order valence-corrected chi connectivity index (χ4v) is 5.83. The summed E-state index contributed by atoms with van der Waals surface area (Å²) in [5.74, 6) is -0.464. The predicted molar refractivity (Wildman–Crippen MR) is 167 cm³/mol. The molecule has 0 aromatic heterocycles. The Morgan fingerprint density at radius 3 is 2.20 bits per heavy atom. The first-order valence-corrected chi connectivity index (χ1v) is 16.0. The fraction of sp³-hybridized carbons (Fsp3) is 0.375. The number of benzene rings is 3. The largest absolute Gasteiger partial charge is 0.352 e. The van der Waals surface area contributed by atoms with E-state index in [4.69, 9.17) is 11.6 Å². The van der Waals surface area contributed by atoms with Crippen LogP contribution in [0.1, 0.15) is 48.9 Å². The first kappa shape index (κ1) is 32.2. The molecule has 0 saturated carbocycles. The highest BCUT2D eigenvalue weighted by molar-refractivity contribution is 7.92. The van der Waals surface area contributed by atoms with E-state index < -0.39 is 16.1 Å². The fourth-order valence-electron chi connectivity index (χ4n) is 4.69. The van der Waals surface area contributed by atoms with Crippen molar-refractivity contribution >= 4 is 39.1 Å². The van der Waals surface area contributed by atoms with Gasteiger partial charge in [-0.3, -0.25) is 13.9 Å². The Morgan fingerprint density at radius 2 is 1.59 bits per heavy atom. The summed E-state index contributed by atoms with van der Waals surface area (Å²) in [5.41, 5.74) is 4.17. The van der Waals surface area contributed by atoms with E-state index in [9.17, 15) is 18.0 Å². The minimum atomic E-state index is -3.58. The molecule has 1 atom stereocenters. The van der Waals surface area contributed by atoms with E-state index in [-0.39, 0.29) is 37.4 Å². The quantitative estimate of drug-likeness (QED) is 0.275. The Morgan fingerprint density at radius 1 is 0.927 bits per heavy atom. The summed E-state index contributed by atoms with van der Waals surface area (Å²) in [6, 6.07) is 21.6. The third-order valence-corrected chi connectivity index (χ3v) is 8.19. The first-order chi connectivity index (χ1) is 19.3. The molecule has 7 nitrogen and oxygen atoms in total. The van der Waals surface area contributed by atoms with Gasteiger partial charge in [0, 0.05) is 37.0 Å². The van der Waals surface area contributed by atoms with Crippen LogP contribution in [0.2, 0.25) is 5.02 Å². The molecule has 0 aliphatic rings. The zero-order chi connectivity index (χ0) is 30.2.